The van der Waals surface area contributed by atoms with Gasteiger partial charge in [0.15, 0.2) is 0 Å². The van der Waals surface area contributed by atoms with Crippen LogP contribution < -0.4 is 11.3 Å². The third kappa shape index (κ3) is 4.18. The monoisotopic (exact) mass is 213 g/mol. The third-order valence-corrected chi connectivity index (χ3v) is 3.23. The summed E-state index contributed by atoms with van der Waals surface area (Å²) in [5, 5.41) is 0. The molecule has 0 aromatic carbocycles. The van der Waals surface area contributed by atoms with E-state index < -0.39 is 0 Å². The number of nitrogens with two attached hydrogens (primary N) is 1. The van der Waals surface area contributed by atoms with Crippen molar-refractivity contribution >= 4 is 5.91 Å². The Bertz CT molecular complexity index is 196. The molecule has 4 heteroatoms. The zero-order chi connectivity index (χ0) is 11.1. The molecule has 1 saturated heterocycles. The second-order valence-corrected chi connectivity index (χ2v) is 4.26. The van der Waals surface area contributed by atoms with Crippen molar-refractivity contribution in [3.8, 4) is 0 Å². The topological polar surface area (TPSA) is 58.4 Å². The first kappa shape index (κ1) is 12.5. The summed E-state index contributed by atoms with van der Waals surface area (Å²) in [7, 11) is 0. The van der Waals surface area contributed by atoms with Crippen LogP contribution >= 0.6 is 0 Å². The van der Waals surface area contributed by atoms with E-state index in [0.29, 0.717) is 6.42 Å². The van der Waals surface area contributed by atoms with Crippen molar-refractivity contribution in [2.75, 3.05) is 13.1 Å². The van der Waals surface area contributed by atoms with Gasteiger partial charge in [-0.15, -0.1) is 0 Å². The lowest BCUT2D eigenvalue weighted by atomic mass is 10.00. The Morgan fingerprint density at radius 2 is 2.33 bits per heavy atom. The van der Waals surface area contributed by atoms with Crippen LogP contribution in [0.3, 0.4) is 0 Å². The first-order valence-electron chi connectivity index (χ1n) is 6.01. The van der Waals surface area contributed by atoms with Gasteiger partial charge in [-0.05, 0) is 38.8 Å². The van der Waals surface area contributed by atoms with Crippen LogP contribution in [0.4, 0.5) is 0 Å². The number of hydrogen-bond donors (Lipinski definition) is 2. The van der Waals surface area contributed by atoms with E-state index in [-0.39, 0.29) is 5.91 Å². The number of rotatable bonds is 5. The fourth-order valence-corrected chi connectivity index (χ4v) is 2.33. The highest BCUT2D eigenvalue weighted by molar-refractivity contribution is 5.75. The first-order valence-corrected chi connectivity index (χ1v) is 6.01. The predicted molar refractivity (Wildman–Crippen MR) is 61.1 cm³/mol. The molecule has 0 bridgehead atoms. The molecule has 0 spiro atoms. The number of carbonyl (C=O) groups is 1. The molecule has 88 valence electrons. The summed E-state index contributed by atoms with van der Waals surface area (Å²) in [6.45, 7) is 4.48. The first-order chi connectivity index (χ1) is 7.27. The molecular formula is C11H23N3O. The van der Waals surface area contributed by atoms with Crippen LogP contribution in [0.15, 0.2) is 0 Å². The third-order valence-electron chi connectivity index (χ3n) is 3.23. The zero-order valence-electron chi connectivity index (χ0n) is 9.67. The molecule has 0 aromatic rings. The van der Waals surface area contributed by atoms with Crippen LogP contribution in [-0.4, -0.2) is 29.9 Å². The second kappa shape index (κ2) is 6.80. The molecule has 3 N–H and O–H groups in total. The smallest absolute Gasteiger partial charge is 0.233 e. The maximum Gasteiger partial charge on any atom is 0.233 e. The maximum absolute atomic E-state index is 10.9. The van der Waals surface area contributed by atoms with Crippen LogP contribution in [0.1, 0.15) is 45.4 Å². The number of likely N-dealkylation sites (tertiary alicyclic amines) is 1. The molecular weight excluding hydrogens is 190 g/mol. The summed E-state index contributed by atoms with van der Waals surface area (Å²) < 4.78 is 0. The minimum atomic E-state index is -0.0555. The standard InChI is InChI=1S/C11H23N3O/c1-2-10-6-3-4-8-14(10)9-5-7-11(15)13-12/h10H,2-9,12H2,1H3,(H,13,15). The van der Waals surface area contributed by atoms with Crippen LogP contribution in [0, 0.1) is 0 Å². The highest BCUT2D eigenvalue weighted by Crippen LogP contribution is 2.19. The molecule has 1 amide bonds. The SMILES string of the molecule is CCC1CCCCN1CCCC(=O)NN. The summed E-state index contributed by atoms with van der Waals surface area (Å²) in [5.41, 5.74) is 2.17. The molecule has 1 aliphatic rings. The Kier molecular flexibility index (Phi) is 5.65. The van der Waals surface area contributed by atoms with Gasteiger partial charge in [-0.25, -0.2) is 5.84 Å². The normalized spacial score (nSPS) is 22.7. The molecule has 0 aromatic heterocycles. The maximum atomic E-state index is 10.9. The lowest BCUT2D eigenvalue weighted by Crippen LogP contribution is -2.40. The van der Waals surface area contributed by atoms with Gasteiger partial charge in [0, 0.05) is 12.5 Å². The molecule has 0 aliphatic carbocycles. The van der Waals surface area contributed by atoms with Crippen molar-refractivity contribution in [2.24, 2.45) is 5.84 Å². The molecule has 1 atom stereocenters. The molecule has 0 radical (unpaired) electrons. The number of nitrogens with zero attached hydrogens (tertiary/aromatic N) is 1. The van der Waals surface area contributed by atoms with Gasteiger partial charge in [-0.3, -0.25) is 10.2 Å². The van der Waals surface area contributed by atoms with Crippen LogP contribution in [0.5, 0.6) is 0 Å². The molecule has 15 heavy (non-hydrogen) atoms. The van der Waals surface area contributed by atoms with Crippen molar-refractivity contribution in [1.29, 1.82) is 0 Å². The summed E-state index contributed by atoms with van der Waals surface area (Å²) in [4.78, 5) is 13.5. The minimum absolute atomic E-state index is 0.0555. The van der Waals surface area contributed by atoms with Gasteiger partial charge >= 0.3 is 0 Å². The van der Waals surface area contributed by atoms with Gasteiger partial charge in [0.1, 0.15) is 0 Å². The number of hydrogen-bond acceptors (Lipinski definition) is 3. The van der Waals surface area contributed by atoms with Crippen molar-refractivity contribution < 1.29 is 4.79 Å². The molecule has 1 unspecified atom stereocenters. The van der Waals surface area contributed by atoms with E-state index in [2.05, 4.69) is 17.2 Å². The Morgan fingerprint density at radius 3 is 3.00 bits per heavy atom. The second-order valence-electron chi connectivity index (χ2n) is 4.26. The Labute approximate surface area is 92.2 Å². The number of carbonyl (C=O) groups excluding carboxylic acids is 1. The average Bonchev–Trinajstić information content (AvgIpc) is 2.29. The van der Waals surface area contributed by atoms with E-state index in [1.54, 1.807) is 0 Å². The van der Waals surface area contributed by atoms with Crippen molar-refractivity contribution in [3.05, 3.63) is 0 Å². The van der Waals surface area contributed by atoms with Crippen LogP contribution in [0.2, 0.25) is 0 Å². The fraction of sp³-hybridized carbons (Fsp3) is 0.909. The largest absolute Gasteiger partial charge is 0.300 e. The molecule has 1 fully saturated rings. The molecule has 0 saturated carbocycles. The number of amides is 1. The van der Waals surface area contributed by atoms with Gasteiger partial charge in [0.25, 0.3) is 0 Å². The minimum Gasteiger partial charge on any atom is -0.300 e. The summed E-state index contributed by atoms with van der Waals surface area (Å²) in [5.74, 6) is 4.98. The quantitative estimate of drug-likeness (QED) is 0.407. The van der Waals surface area contributed by atoms with E-state index in [1.165, 1.54) is 32.2 Å². The number of hydrazine groups is 1. The zero-order valence-corrected chi connectivity index (χ0v) is 9.67. The van der Waals surface area contributed by atoms with Gasteiger partial charge in [0.05, 0.1) is 0 Å². The highest BCUT2D eigenvalue weighted by atomic mass is 16.2. The van der Waals surface area contributed by atoms with E-state index in [4.69, 9.17) is 5.84 Å². The summed E-state index contributed by atoms with van der Waals surface area (Å²) in [6.07, 6.45) is 6.67. The van der Waals surface area contributed by atoms with Crippen molar-refractivity contribution in [3.63, 3.8) is 0 Å². The molecule has 4 nitrogen and oxygen atoms in total. The van der Waals surface area contributed by atoms with Crippen molar-refractivity contribution in [2.45, 2.75) is 51.5 Å². The number of piperidine rings is 1. The van der Waals surface area contributed by atoms with E-state index in [9.17, 15) is 4.79 Å². The van der Waals surface area contributed by atoms with Crippen LogP contribution in [-0.2, 0) is 4.79 Å². The lowest BCUT2D eigenvalue weighted by molar-refractivity contribution is -0.121. The van der Waals surface area contributed by atoms with Crippen LogP contribution in [0.25, 0.3) is 0 Å². The molecule has 1 heterocycles. The van der Waals surface area contributed by atoms with E-state index >= 15 is 0 Å². The Balaban J connectivity index is 2.20. The van der Waals surface area contributed by atoms with Gasteiger partial charge in [-0.2, -0.15) is 0 Å². The van der Waals surface area contributed by atoms with Crippen molar-refractivity contribution in [1.82, 2.24) is 10.3 Å². The van der Waals surface area contributed by atoms with Gasteiger partial charge < -0.3 is 4.90 Å². The Hall–Kier alpha value is -0.610. The number of nitrogens with one attached hydrogen (secondary N) is 1. The van der Waals surface area contributed by atoms with E-state index in [1.807, 2.05) is 0 Å². The molecule has 1 rings (SSSR count). The van der Waals surface area contributed by atoms with E-state index in [0.717, 1.165) is 19.0 Å². The Morgan fingerprint density at radius 1 is 1.53 bits per heavy atom. The highest BCUT2D eigenvalue weighted by Gasteiger charge is 2.19. The summed E-state index contributed by atoms with van der Waals surface area (Å²) >= 11 is 0. The van der Waals surface area contributed by atoms with Gasteiger partial charge in [0.2, 0.25) is 5.91 Å². The summed E-state index contributed by atoms with van der Waals surface area (Å²) in [6, 6.07) is 0.736. The molecule has 1 aliphatic heterocycles. The fourth-order valence-electron chi connectivity index (χ4n) is 2.33. The average molecular weight is 213 g/mol. The lowest BCUT2D eigenvalue weighted by Gasteiger charge is -2.35. The predicted octanol–water partition coefficient (Wildman–Crippen LogP) is 1.02. The van der Waals surface area contributed by atoms with Gasteiger partial charge in [-0.1, -0.05) is 13.3 Å².